The summed E-state index contributed by atoms with van der Waals surface area (Å²) in [6.45, 7) is 5.75. The summed E-state index contributed by atoms with van der Waals surface area (Å²) in [5.74, 6) is 2.73. The van der Waals surface area contributed by atoms with Crippen LogP contribution in [0.15, 0.2) is 24.3 Å². The van der Waals surface area contributed by atoms with Crippen molar-refractivity contribution in [3.8, 4) is 5.75 Å². The second-order valence-corrected chi connectivity index (χ2v) is 5.72. The summed E-state index contributed by atoms with van der Waals surface area (Å²) in [4.78, 5) is 0. The van der Waals surface area contributed by atoms with Gasteiger partial charge in [-0.3, -0.25) is 0 Å². The summed E-state index contributed by atoms with van der Waals surface area (Å²) < 4.78 is 5.16. The third-order valence-electron chi connectivity index (χ3n) is 4.12. The van der Waals surface area contributed by atoms with Crippen molar-refractivity contribution >= 4 is 0 Å². The van der Waals surface area contributed by atoms with Gasteiger partial charge in [0, 0.05) is 6.04 Å². The van der Waals surface area contributed by atoms with Gasteiger partial charge in [-0.15, -0.1) is 0 Å². The third kappa shape index (κ3) is 3.49. The lowest BCUT2D eigenvalue weighted by atomic mass is 9.73. The van der Waals surface area contributed by atoms with Crippen LogP contribution in [-0.2, 0) is 6.42 Å². The molecule has 18 heavy (non-hydrogen) atoms. The Morgan fingerprint density at radius 2 is 1.89 bits per heavy atom. The molecule has 0 aromatic heterocycles. The Morgan fingerprint density at radius 1 is 1.22 bits per heavy atom. The Balaban J connectivity index is 1.64. The van der Waals surface area contributed by atoms with Crippen molar-refractivity contribution in [1.29, 1.82) is 0 Å². The van der Waals surface area contributed by atoms with E-state index in [1.165, 1.54) is 18.4 Å². The van der Waals surface area contributed by atoms with Crippen LogP contribution in [0.25, 0.3) is 0 Å². The van der Waals surface area contributed by atoms with Crippen LogP contribution in [0.4, 0.5) is 0 Å². The Bertz CT molecular complexity index is 352. The SMILES string of the molecule is COc1ccc(CCNC2CC(C(C)C)C2)cc1. The van der Waals surface area contributed by atoms with Gasteiger partial charge < -0.3 is 10.1 Å². The molecule has 2 heteroatoms. The van der Waals surface area contributed by atoms with Crippen molar-refractivity contribution in [2.45, 2.75) is 39.2 Å². The fourth-order valence-corrected chi connectivity index (χ4v) is 2.59. The summed E-state index contributed by atoms with van der Waals surface area (Å²) >= 11 is 0. The number of nitrogens with one attached hydrogen (secondary N) is 1. The Labute approximate surface area is 111 Å². The first-order valence-corrected chi connectivity index (χ1v) is 7.05. The quantitative estimate of drug-likeness (QED) is 0.833. The lowest BCUT2D eigenvalue weighted by Gasteiger charge is -2.38. The molecule has 0 atom stereocenters. The largest absolute Gasteiger partial charge is 0.497 e. The van der Waals surface area contributed by atoms with E-state index in [1.54, 1.807) is 7.11 Å². The summed E-state index contributed by atoms with van der Waals surface area (Å²) in [6.07, 6.45) is 3.83. The molecule has 1 fully saturated rings. The van der Waals surface area contributed by atoms with Gasteiger partial charge >= 0.3 is 0 Å². The zero-order valence-electron chi connectivity index (χ0n) is 11.8. The van der Waals surface area contributed by atoms with E-state index in [-0.39, 0.29) is 0 Å². The summed E-state index contributed by atoms with van der Waals surface area (Å²) in [5, 5.41) is 3.65. The van der Waals surface area contributed by atoms with E-state index < -0.39 is 0 Å². The van der Waals surface area contributed by atoms with Gasteiger partial charge in [0.1, 0.15) is 5.75 Å². The number of hydrogen-bond acceptors (Lipinski definition) is 2. The lowest BCUT2D eigenvalue weighted by molar-refractivity contribution is 0.169. The number of rotatable bonds is 6. The molecule has 0 radical (unpaired) electrons. The predicted molar refractivity (Wildman–Crippen MR) is 76.1 cm³/mol. The van der Waals surface area contributed by atoms with Crippen LogP contribution in [0.5, 0.6) is 5.75 Å². The zero-order valence-corrected chi connectivity index (χ0v) is 11.8. The van der Waals surface area contributed by atoms with Crippen molar-refractivity contribution in [3.05, 3.63) is 29.8 Å². The monoisotopic (exact) mass is 247 g/mol. The van der Waals surface area contributed by atoms with Crippen molar-refractivity contribution in [3.63, 3.8) is 0 Å². The van der Waals surface area contributed by atoms with E-state index in [0.717, 1.165) is 36.6 Å². The Hall–Kier alpha value is -1.02. The maximum atomic E-state index is 5.16. The zero-order chi connectivity index (χ0) is 13.0. The highest BCUT2D eigenvalue weighted by atomic mass is 16.5. The molecule has 2 rings (SSSR count). The standard InChI is InChI=1S/C16H25NO/c1-12(2)14-10-15(11-14)17-9-8-13-4-6-16(18-3)7-5-13/h4-7,12,14-15,17H,8-11H2,1-3H3. The molecule has 0 saturated heterocycles. The van der Waals surface area contributed by atoms with Crippen LogP contribution >= 0.6 is 0 Å². The third-order valence-corrected chi connectivity index (χ3v) is 4.12. The van der Waals surface area contributed by atoms with E-state index in [9.17, 15) is 0 Å². The van der Waals surface area contributed by atoms with E-state index in [2.05, 4.69) is 31.3 Å². The topological polar surface area (TPSA) is 21.3 Å². The van der Waals surface area contributed by atoms with Gasteiger partial charge in [-0.1, -0.05) is 26.0 Å². The first-order valence-electron chi connectivity index (χ1n) is 7.05. The fraction of sp³-hybridized carbons (Fsp3) is 0.625. The van der Waals surface area contributed by atoms with E-state index >= 15 is 0 Å². The molecule has 100 valence electrons. The minimum absolute atomic E-state index is 0.760. The van der Waals surface area contributed by atoms with Gasteiger partial charge in [0.15, 0.2) is 0 Å². The molecule has 1 saturated carbocycles. The van der Waals surface area contributed by atoms with Crippen LogP contribution in [0.2, 0.25) is 0 Å². The van der Waals surface area contributed by atoms with E-state index in [0.29, 0.717) is 0 Å². The summed E-state index contributed by atoms with van der Waals surface area (Å²) in [6, 6.07) is 9.13. The highest BCUT2D eigenvalue weighted by molar-refractivity contribution is 5.27. The second-order valence-electron chi connectivity index (χ2n) is 5.72. The van der Waals surface area contributed by atoms with E-state index in [1.807, 2.05) is 12.1 Å². The molecule has 0 bridgehead atoms. The number of methoxy groups -OCH3 is 1. The minimum Gasteiger partial charge on any atom is -0.497 e. The molecule has 0 unspecified atom stereocenters. The fourth-order valence-electron chi connectivity index (χ4n) is 2.59. The molecule has 0 heterocycles. The maximum absolute atomic E-state index is 5.16. The molecule has 2 nitrogen and oxygen atoms in total. The molecular weight excluding hydrogens is 222 g/mol. The highest BCUT2D eigenvalue weighted by Gasteiger charge is 2.30. The van der Waals surface area contributed by atoms with Crippen LogP contribution in [0, 0.1) is 11.8 Å². The Kier molecular flexibility index (Phi) is 4.65. The second kappa shape index (κ2) is 6.24. The lowest BCUT2D eigenvalue weighted by Crippen LogP contribution is -2.43. The number of hydrogen-bond donors (Lipinski definition) is 1. The molecule has 1 N–H and O–H groups in total. The van der Waals surface area contributed by atoms with Crippen LogP contribution < -0.4 is 10.1 Å². The normalized spacial score (nSPS) is 22.9. The number of benzene rings is 1. The Morgan fingerprint density at radius 3 is 2.44 bits per heavy atom. The average Bonchev–Trinajstić information content (AvgIpc) is 2.32. The van der Waals surface area contributed by atoms with Crippen molar-refractivity contribution < 1.29 is 4.74 Å². The molecular formula is C16H25NO. The molecule has 0 spiro atoms. The number of ether oxygens (including phenoxy) is 1. The minimum atomic E-state index is 0.760. The molecule has 1 aliphatic carbocycles. The maximum Gasteiger partial charge on any atom is 0.118 e. The van der Waals surface area contributed by atoms with Crippen LogP contribution in [-0.4, -0.2) is 19.7 Å². The average molecular weight is 247 g/mol. The van der Waals surface area contributed by atoms with Gasteiger partial charge in [0.25, 0.3) is 0 Å². The van der Waals surface area contributed by atoms with Crippen molar-refractivity contribution in [2.24, 2.45) is 11.8 Å². The smallest absolute Gasteiger partial charge is 0.118 e. The van der Waals surface area contributed by atoms with Gasteiger partial charge in [0.05, 0.1) is 7.11 Å². The molecule has 1 aliphatic rings. The van der Waals surface area contributed by atoms with Crippen LogP contribution in [0.1, 0.15) is 32.3 Å². The van der Waals surface area contributed by atoms with Gasteiger partial charge in [-0.25, -0.2) is 0 Å². The molecule has 1 aromatic carbocycles. The van der Waals surface area contributed by atoms with E-state index in [4.69, 9.17) is 4.74 Å². The summed E-state index contributed by atoms with van der Waals surface area (Å²) in [7, 11) is 1.71. The van der Waals surface area contributed by atoms with Crippen molar-refractivity contribution in [2.75, 3.05) is 13.7 Å². The van der Waals surface area contributed by atoms with Gasteiger partial charge in [0.2, 0.25) is 0 Å². The summed E-state index contributed by atoms with van der Waals surface area (Å²) in [5.41, 5.74) is 1.38. The highest BCUT2D eigenvalue weighted by Crippen LogP contribution is 2.33. The van der Waals surface area contributed by atoms with Gasteiger partial charge in [-0.2, -0.15) is 0 Å². The molecule has 0 aliphatic heterocycles. The molecule has 0 amide bonds. The predicted octanol–water partition coefficient (Wildman–Crippen LogP) is 3.26. The van der Waals surface area contributed by atoms with Crippen LogP contribution in [0.3, 0.4) is 0 Å². The first kappa shape index (κ1) is 13.4. The van der Waals surface area contributed by atoms with Crippen molar-refractivity contribution in [1.82, 2.24) is 5.32 Å². The van der Waals surface area contributed by atoms with Gasteiger partial charge in [-0.05, 0) is 55.3 Å². The molecule has 1 aromatic rings. The first-order chi connectivity index (χ1) is 8.69.